The van der Waals surface area contributed by atoms with Crippen LogP contribution in [0.15, 0.2) is 41.0 Å². The van der Waals surface area contributed by atoms with Crippen molar-refractivity contribution < 1.29 is 0 Å². The van der Waals surface area contributed by atoms with Gasteiger partial charge in [0, 0.05) is 16.4 Å². The van der Waals surface area contributed by atoms with Crippen LogP contribution < -0.4 is 5.32 Å². The van der Waals surface area contributed by atoms with E-state index in [2.05, 4.69) is 58.3 Å². The molecule has 1 aromatic heterocycles. The summed E-state index contributed by atoms with van der Waals surface area (Å²) in [6, 6.07) is 10.2. The number of anilines is 2. The lowest BCUT2D eigenvalue weighted by Crippen LogP contribution is -1.93. The van der Waals surface area contributed by atoms with Gasteiger partial charge in [-0.1, -0.05) is 6.07 Å². The highest BCUT2D eigenvalue weighted by Gasteiger charge is 1.98. The highest BCUT2D eigenvalue weighted by atomic mass is 79.9. The molecule has 2 aromatic rings. The van der Waals surface area contributed by atoms with Crippen LogP contribution >= 0.6 is 15.9 Å². The first-order valence-electron chi connectivity index (χ1n) is 5.11. The van der Waals surface area contributed by atoms with E-state index in [9.17, 15) is 0 Å². The topological polar surface area (TPSA) is 24.9 Å². The molecule has 0 aliphatic heterocycles. The molecular weight excluding hydrogens is 264 g/mol. The lowest BCUT2D eigenvalue weighted by molar-refractivity contribution is 1.28. The maximum atomic E-state index is 4.27. The summed E-state index contributed by atoms with van der Waals surface area (Å²) in [5, 5.41) is 3.27. The van der Waals surface area contributed by atoms with E-state index in [0.29, 0.717) is 0 Å². The van der Waals surface area contributed by atoms with Crippen molar-refractivity contribution in [3.63, 3.8) is 0 Å². The molecule has 2 nitrogen and oxygen atoms in total. The molecule has 0 atom stereocenters. The summed E-state index contributed by atoms with van der Waals surface area (Å²) in [5.74, 6) is 0.853. The summed E-state index contributed by atoms with van der Waals surface area (Å²) < 4.78 is 0.984. The Kier molecular flexibility index (Phi) is 3.25. The van der Waals surface area contributed by atoms with Gasteiger partial charge in [-0.2, -0.15) is 0 Å². The van der Waals surface area contributed by atoms with Gasteiger partial charge >= 0.3 is 0 Å². The van der Waals surface area contributed by atoms with Crippen LogP contribution in [0.5, 0.6) is 0 Å². The second-order valence-corrected chi connectivity index (χ2v) is 4.70. The summed E-state index contributed by atoms with van der Waals surface area (Å²) in [6.45, 7) is 4.21. The van der Waals surface area contributed by atoms with E-state index in [1.807, 2.05) is 12.1 Å². The first kappa shape index (κ1) is 11.1. The molecule has 3 heteroatoms. The van der Waals surface area contributed by atoms with Crippen molar-refractivity contribution in [2.75, 3.05) is 5.32 Å². The van der Waals surface area contributed by atoms with E-state index < -0.39 is 0 Å². The van der Waals surface area contributed by atoms with Gasteiger partial charge in [0.25, 0.3) is 0 Å². The van der Waals surface area contributed by atoms with Gasteiger partial charge < -0.3 is 5.32 Å². The summed E-state index contributed by atoms with van der Waals surface area (Å²) in [4.78, 5) is 4.27. The van der Waals surface area contributed by atoms with Gasteiger partial charge in [-0.25, -0.2) is 4.98 Å². The predicted octanol–water partition coefficient (Wildman–Crippen LogP) is 4.20. The lowest BCUT2D eigenvalue weighted by Gasteiger charge is -2.07. The fourth-order valence-electron chi connectivity index (χ4n) is 1.42. The van der Waals surface area contributed by atoms with Gasteiger partial charge in [0.2, 0.25) is 0 Å². The average molecular weight is 277 g/mol. The van der Waals surface area contributed by atoms with Crippen molar-refractivity contribution in [2.24, 2.45) is 0 Å². The largest absolute Gasteiger partial charge is 0.340 e. The van der Waals surface area contributed by atoms with E-state index in [1.165, 1.54) is 11.1 Å². The van der Waals surface area contributed by atoms with Crippen LogP contribution in [-0.2, 0) is 0 Å². The number of aromatic nitrogens is 1. The number of rotatable bonds is 2. The Morgan fingerprint density at radius 2 is 1.88 bits per heavy atom. The maximum Gasteiger partial charge on any atom is 0.130 e. The van der Waals surface area contributed by atoms with Crippen LogP contribution in [0.2, 0.25) is 0 Å². The molecule has 0 saturated heterocycles. The Morgan fingerprint density at radius 1 is 1.06 bits per heavy atom. The summed E-state index contributed by atoms with van der Waals surface area (Å²) in [7, 11) is 0. The van der Waals surface area contributed by atoms with Gasteiger partial charge in [-0.15, -0.1) is 0 Å². The number of hydrogen-bond donors (Lipinski definition) is 1. The zero-order chi connectivity index (χ0) is 11.5. The molecule has 0 bridgehead atoms. The smallest absolute Gasteiger partial charge is 0.130 e. The van der Waals surface area contributed by atoms with Crippen molar-refractivity contribution in [3.05, 3.63) is 52.1 Å². The zero-order valence-electron chi connectivity index (χ0n) is 9.29. The molecule has 0 aliphatic rings. The van der Waals surface area contributed by atoms with Gasteiger partial charge in [0.15, 0.2) is 0 Å². The minimum absolute atomic E-state index is 0.853. The van der Waals surface area contributed by atoms with Gasteiger partial charge in [-0.3, -0.25) is 0 Å². The van der Waals surface area contributed by atoms with Gasteiger partial charge in [0.1, 0.15) is 5.82 Å². The summed E-state index contributed by atoms with van der Waals surface area (Å²) >= 11 is 3.36. The molecule has 0 spiro atoms. The molecule has 0 aliphatic carbocycles. The lowest BCUT2D eigenvalue weighted by atomic mass is 10.1. The molecule has 0 unspecified atom stereocenters. The standard InChI is InChI=1S/C13H13BrN2/c1-9-3-5-12(7-10(9)2)16-13-6-4-11(14)8-15-13/h3-8H,1-2H3,(H,15,16). The fourth-order valence-corrected chi connectivity index (χ4v) is 1.65. The molecule has 82 valence electrons. The van der Waals surface area contributed by atoms with Crippen LogP contribution in [0.4, 0.5) is 11.5 Å². The van der Waals surface area contributed by atoms with Crippen LogP contribution in [-0.4, -0.2) is 4.98 Å². The third-order valence-electron chi connectivity index (χ3n) is 2.51. The van der Waals surface area contributed by atoms with Crippen LogP contribution in [0, 0.1) is 13.8 Å². The number of halogens is 1. The minimum Gasteiger partial charge on any atom is -0.340 e. The van der Waals surface area contributed by atoms with E-state index in [4.69, 9.17) is 0 Å². The normalized spacial score (nSPS) is 10.2. The molecule has 2 rings (SSSR count). The highest BCUT2D eigenvalue weighted by molar-refractivity contribution is 9.10. The Balaban J connectivity index is 2.20. The van der Waals surface area contributed by atoms with Crippen molar-refractivity contribution in [1.29, 1.82) is 0 Å². The summed E-state index contributed by atoms with van der Waals surface area (Å²) in [6.07, 6.45) is 1.78. The van der Waals surface area contributed by atoms with Crippen LogP contribution in [0.1, 0.15) is 11.1 Å². The Labute approximate surface area is 104 Å². The number of nitrogens with one attached hydrogen (secondary N) is 1. The van der Waals surface area contributed by atoms with E-state index in [-0.39, 0.29) is 0 Å². The molecule has 1 aromatic carbocycles. The quantitative estimate of drug-likeness (QED) is 0.889. The molecular formula is C13H13BrN2. The van der Waals surface area contributed by atoms with Crippen molar-refractivity contribution in [2.45, 2.75) is 13.8 Å². The SMILES string of the molecule is Cc1ccc(Nc2ccc(Br)cn2)cc1C. The fraction of sp³-hybridized carbons (Fsp3) is 0.154. The molecule has 16 heavy (non-hydrogen) atoms. The number of pyridine rings is 1. The third-order valence-corrected chi connectivity index (χ3v) is 2.98. The Bertz CT molecular complexity index is 492. The number of hydrogen-bond acceptors (Lipinski definition) is 2. The van der Waals surface area contributed by atoms with E-state index in [1.54, 1.807) is 6.20 Å². The third kappa shape index (κ3) is 2.61. The molecule has 1 N–H and O–H groups in total. The Hall–Kier alpha value is -1.35. The number of benzene rings is 1. The predicted molar refractivity (Wildman–Crippen MR) is 71.1 cm³/mol. The minimum atomic E-state index is 0.853. The molecule has 0 radical (unpaired) electrons. The van der Waals surface area contributed by atoms with E-state index >= 15 is 0 Å². The average Bonchev–Trinajstić information content (AvgIpc) is 2.27. The molecule has 0 saturated carbocycles. The molecule has 0 fully saturated rings. The maximum absolute atomic E-state index is 4.27. The number of aryl methyl sites for hydroxylation is 2. The molecule has 1 heterocycles. The van der Waals surface area contributed by atoms with Crippen molar-refractivity contribution >= 4 is 27.4 Å². The number of nitrogens with zero attached hydrogens (tertiary/aromatic N) is 1. The van der Waals surface area contributed by atoms with E-state index in [0.717, 1.165) is 16.0 Å². The molecule has 0 amide bonds. The second kappa shape index (κ2) is 4.66. The van der Waals surface area contributed by atoms with Crippen LogP contribution in [0.25, 0.3) is 0 Å². The Morgan fingerprint density at radius 3 is 2.50 bits per heavy atom. The zero-order valence-corrected chi connectivity index (χ0v) is 10.9. The highest BCUT2D eigenvalue weighted by Crippen LogP contribution is 2.19. The van der Waals surface area contributed by atoms with Gasteiger partial charge in [-0.05, 0) is 65.2 Å². The summed E-state index contributed by atoms with van der Waals surface area (Å²) in [5.41, 5.74) is 3.65. The van der Waals surface area contributed by atoms with Crippen molar-refractivity contribution in [1.82, 2.24) is 4.98 Å². The van der Waals surface area contributed by atoms with Crippen LogP contribution in [0.3, 0.4) is 0 Å². The first-order valence-corrected chi connectivity index (χ1v) is 5.90. The first-order chi connectivity index (χ1) is 7.65. The second-order valence-electron chi connectivity index (χ2n) is 3.79. The van der Waals surface area contributed by atoms with Crippen molar-refractivity contribution in [3.8, 4) is 0 Å². The van der Waals surface area contributed by atoms with Gasteiger partial charge in [0.05, 0.1) is 0 Å². The monoisotopic (exact) mass is 276 g/mol.